The molecule has 1 atom stereocenters. The third kappa shape index (κ3) is 4.28. The maximum absolute atomic E-state index is 12.0. The van der Waals surface area contributed by atoms with Gasteiger partial charge in [0.05, 0.1) is 6.61 Å². The fourth-order valence-electron chi connectivity index (χ4n) is 1.99. The van der Waals surface area contributed by atoms with Gasteiger partial charge in [0.1, 0.15) is 17.5 Å². The number of hydrogen-bond donors (Lipinski definition) is 2. The molecule has 0 saturated carbocycles. The maximum atomic E-state index is 12.0. The molecule has 0 saturated heterocycles. The standard InChI is InChI=1S/C17H21N3O3/c1-11-6-4-8-15(12(11)2)23-17-14(7-5-9-19-17)20-16(21)13(18)10-22-3/h4-9,13H,10,18H2,1-3H3,(H,20,21). The van der Waals surface area contributed by atoms with Crippen molar-refractivity contribution < 1.29 is 14.3 Å². The minimum Gasteiger partial charge on any atom is -0.437 e. The van der Waals surface area contributed by atoms with E-state index in [1.165, 1.54) is 7.11 Å². The van der Waals surface area contributed by atoms with Crippen LogP contribution in [0.3, 0.4) is 0 Å². The molecule has 0 spiro atoms. The number of hydrogen-bond acceptors (Lipinski definition) is 5. The van der Waals surface area contributed by atoms with Gasteiger partial charge in [-0.15, -0.1) is 0 Å². The summed E-state index contributed by atoms with van der Waals surface area (Å²) in [6.45, 7) is 4.12. The Hall–Kier alpha value is -2.44. The van der Waals surface area contributed by atoms with E-state index in [1.807, 2.05) is 32.0 Å². The highest BCUT2D eigenvalue weighted by molar-refractivity contribution is 5.95. The Labute approximate surface area is 135 Å². The van der Waals surface area contributed by atoms with Crippen LogP contribution in [0.25, 0.3) is 0 Å². The van der Waals surface area contributed by atoms with E-state index < -0.39 is 6.04 Å². The van der Waals surface area contributed by atoms with Gasteiger partial charge >= 0.3 is 0 Å². The van der Waals surface area contributed by atoms with E-state index in [-0.39, 0.29) is 12.5 Å². The number of ether oxygens (including phenoxy) is 2. The van der Waals surface area contributed by atoms with Crippen LogP contribution in [0.4, 0.5) is 5.69 Å². The number of carbonyl (C=O) groups is 1. The fraction of sp³-hybridized carbons (Fsp3) is 0.294. The number of rotatable bonds is 6. The first-order valence-corrected chi connectivity index (χ1v) is 7.27. The Morgan fingerprint density at radius 2 is 2.09 bits per heavy atom. The van der Waals surface area contributed by atoms with Crippen molar-refractivity contribution in [1.29, 1.82) is 0 Å². The summed E-state index contributed by atoms with van der Waals surface area (Å²) in [5.41, 5.74) is 8.32. The summed E-state index contributed by atoms with van der Waals surface area (Å²) in [5, 5.41) is 2.72. The van der Waals surface area contributed by atoms with Gasteiger partial charge in [0.25, 0.3) is 0 Å². The van der Waals surface area contributed by atoms with E-state index in [0.29, 0.717) is 17.3 Å². The Morgan fingerprint density at radius 3 is 2.83 bits per heavy atom. The van der Waals surface area contributed by atoms with Gasteiger partial charge in [-0.1, -0.05) is 12.1 Å². The smallest absolute Gasteiger partial charge is 0.243 e. The number of methoxy groups -OCH3 is 1. The molecule has 3 N–H and O–H groups in total. The quantitative estimate of drug-likeness (QED) is 0.855. The molecule has 1 heterocycles. The van der Waals surface area contributed by atoms with Crippen LogP contribution >= 0.6 is 0 Å². The van der Waals surface area contributed by atoms with Gasteiger partial charge in [0.15, 0.2) is 0 Å². The average Bonchev–Trinajstić information content (AvgIpc) is 2.53. The highest BCUT2D eigenvalue weighted by Gasteiger charge is 2.16. The highest BCUT2D eigenvalue weighted by atomic mass is 16.5. The average molecular weight is 315 g/mol. The Morgan fingerprint density at radius 1 is 1.30 bits per heavy atom. The predicted molar refractivity (Wildman–Crippen MR) is 88.7 cm³/mol. The molecular weight excluding hydrogens is 294 g/mol. The van der Waals surface area contributed by atoms with Gasteiger partial charge in [-0.3, -0.25) is 4.79 Å². The van der Waals surface area contributed by atoms with Crippen LogP contribution in [0.2, 0.25) is 0 Å². The van der Waals surface area contributed by atoms with E-state index >= 15 is 0 Å². The number of benzene rings is 1. The van der Waals surface area contributed by atoms with E-state index in [4.69, 9.17) is 15.2 Å². The first kappa shape index (κ1) is 16.9. The lowest BCUT2D eigenvalue weighted by Gasteiger charge is -2.15. The summed E-state index contributed by atoms with van der Waals surface area (Å²) in [5.74, 6) is 0.658. The molecule has 1 unspecified atom stereocenters. The molecule has 2 rings (SSSR count). The minimum absolute atomic E-state index is 0.138. The van der Waals surface area contributed by atoms with Gasteiger partial charge < -0.3 is 20.5 Å². The Balaban J connectivity index is 2.21. The van der Waals surface area contributed by atoms with Crippen LogP contribution in [-0.2, 0) is 9.53 Å². The molecule has 1 aromatic heterocycles. The second kappa shape index (κ2) is 7.71. The second-order valence-electron chi connectivity index (χ2n) is 5.21. The van der Waals surface area contributed by atoms with Crippen LogP contribution in [0, 0.1) is 13.8 Å². The van der Waals surface area contributed by atoms with Crippen molar-refractivity contribution in [2.75, 3.05) is 19.0 Å². The number of amides is 1. The Bertz CT molecular complexity index is 689. The van der Waals surface area contributed by atoms with Crippen LogP contribution < -0.4 is 15.8 Å². The summed E-state index contributed by atoms with van der Waals surface area (Å²) >= 11 is 0. The number of aryl methyl sites for hydroxylation is 1. The Kier molecular flexibility index (Phi) is 5.67. The first-order valence-electron chi connectivity index (χ1n) is 7.27. The van der Waals surface area contributed by atoms with Crippen molar-refractivity contribution in [3.8, 4) is 11.6 Å². The van der Waals surface area contributed by atoms with Gasteiger partial charge in [-0.25, -0.2) is 4.98 Å². The molecule has 0 fully saturated rings. The third-order valence-electron chi connectivity index (χ3n) is 3.47. The van der Waals surface area contributed by atoms with Gasteiger partial charge in [-0.2, -0.15) is 0 Å². The van der Waals surface area contributed by atoms with Gasteiger partial charge in [0, 0.05) is 13.3 Å². The van der Waals surface area contributed by atoms with Crippen LogP contribution in [-0.4, -0.2) is 30.6 Å². The van der Waals surface area contributed by atoms with Crippen LogP contribution in [0.1, 0.15) is 11.1 Å². The minimum atomic E-state index is -0.756. The molecular formula is C17H21N3O3. The zero-order chi connectivity index (χ0) is 16.8. The fourth-order valence-corrected chi connectivity index (χ4v) is 1.99. The number of aromatic nitrogens is 1. The topological polar surface area (TPSA) is 86.5 Å². The van der Waals surface area contributed by atoms with Crippen molar-refractivity contribution in [3.05, 3.63) is 47.7 Å². The molecule has 1 aromatic carbocycles. The summed E-state index contributed by atoms with van der Waals surface area (Å²) < 4.78 is 10.7. The number of nitrogens with one attached hydrogen (secondary N) is 1. The first-order chi connectivity index (χ1) is 11.0. The zero-order valence-electron chi connectivity index (χ0n) is 13.5. The van der Waals surface area contributed by atoms with Crippen molar-refractivity contribution in [2.45, 2.75) is 19.9 Å². The van der Waals surface area contributed by atoms with Crippen molar-refractivity contribution >= 4 is 11.6 Å². The lowest BCUT2D eigenvalue weighted by atomic mass is 10.1. The lowest BCUT2D eigenvalue weighted by molar-refractivity contribution is -0.118. The molecule has 0 aliphatic heterocycles. The molecule has 122 valence electrons. The van der Waals surface area contributed by atoms with Gasteiger partial charge in [0.2, 0.25) is 11.8 Å². The molecule has 0 radical (unpaired) electrons. The summed E-state index contributed by atoms with van der Waals surface area (Å²) in [4.78, 5) is 16.2. The lowest BCUT2D eigenvalue weighted by Crippen LogP contribution is -2.39. The predicted octanol–water partition coefficient (Wildman–Crippen LogP) is 2.40. The molecule has 6 nitrogen and oxygen atoms in total. The third-order valence-corrected chi connectivity index (χ3v) is 3.47. The van der Waals surface area contributed by atoms with Crippen molar-refractivity contribution in [2.24, 2.45) is 5.73 Å². The number of pyridine rings is 1. The molecule has 6 heteroatoms. The number of nitrogens with zero attached hydrogens (tertiary/aromatic N) is 1. The number of anilines is 1. The van der Waals surface area contributed by atoms with Crippen LogP contribution in [0.15, 0.2) is 36.5 Å². The van der Waals surface area contributed by atoms with Crippen LogP contribution in [0.5, 0.6) is 11.6 Å². The van der Waals surface area contributed by atoms with E-state index in [2.05, 4.69) is 10.3 Å². The van der Waals surface area contributed by atoms with E-state index in [1.54, 1.807) is 18.3 Å². The molecule has 0 bridgehead atoms. The largest absolute Gasteiger partial charge is 0.437 e. The summed E-state index contributed by atoms with van der Waals surface area (Å²) in [7, 11) is 1.49. The maximum Gasteiger partial charge on any atom is 0.243 e. The summed E-state index contributed by atoms with van der Waals surface area (Å²) in [6, 6.07) is 8.45. The molecule has 2 aromatic rings. The zero-order valence-corrected chi connectivity index (χ0v) is 13.5. The monoisotopic (exact) mass is 315 g/mol. The number of nitrogens with two attached hydrogens (primary N) is 1. The normalized spacial score (nSPS) is 11.8. The number of carbonyl (C=O) groups excluding carboxylic acids is 1. The molecule has 0 aliphatic rings. The van der Waals surface area contributed by atoms with Crippen molar-refractivity contribution in [1.82, 2.24) is 4.98 Å². The molecule has 1 amide bonds. The SMILES string of the molecule is COCC(N)C(=O)Nc1cccnc1Oc1cccc(C)c1C. The van der Waals surface area contributed by atoms with E-state index in [9.17, 15) is 4.79 Å². The highest BCUT2D eigenvalue weighted by Crippen LogP contribution is 2.30. The van der Waals surface area contributed by atoms with E-state index in [0.717, 1.165) is 11.1 Å². The van der Waals surface area contributed by atoms with Crippen molar-refractivity contribution in [3.63, 3.8) is 0 Å². The second-order valence-corrected chi connectivity index (χ2v) is 5.21. The van der Waals surface area contributed by atoms with Gasteiger partial charge in [-0.05, 0) is 43.2 Å². The molecule has 23 heavy (non-hydrogen) atoms. The summed E-state index contributed by atoms with van der Waals surface area (Å²) in [6.07, 6.45) is 1.60. The molecule has 0 aliphatic carbocycles.